The highest BCUT2D eigenvalue weighted by Gasteiger charge is 2.23. The Bertz CT molecular complexity index is 462. The van der Waals surface area contributed by atoms with Crippen LogP contribution in [0.5, 0.6) is 11.8 Å². The molecule has 0 bridgehead atoms. The first-order chi connectivity index (χ1) is 8.99. The lowest BCUT2D eigenvalue weighted by Crippen LogP contribution is -2.44. The second kappa shape index (κ2) is 6.90. The second-order valence-corrected chi connectivity index (χ2v) is 4.63. The number of hydrazine groups is 1. The first-order valence-corrected chi connectivity index (χ1v) is 6.34. The Hall–Kier alpha value is -1.87. The predicted octanol–water partition coefficient (Wildman–Crippen LogP) is -0.0778. The molecule has 0 aliphatic rings. The summed E-state index contributed by atoms with van der Waals surface area (Å²) in [7, 11) is 1.47. The maximum Gasteiger partial charge on any atom is 0.324 e. The van der Waals surface area contributed by atoms with Crippen LogP contribution in [-0.4, -0.2) is 44.9 Å². The van der Waals surface area contributed by atoms with Crippen LogP contribution in [0.25, 0.3) is 0 Å². The fraction of sp³-hybridized carbons (Fsp3) is 0.400. The summed E-state index contributed by atoms with van der Waals surface area (Å²) in [5, 5.41) is 18.7. The minimum atomic E-state index is -0.803. The number of nitrogens with zero attached hydrogens (tertiary/aromatic N) is 1. The van der Waals surface area contributed by atoms with Crippen molar-refractivity contribution in [2.45, 2.75) is 18.2 Å². The summed E-state index contributed by atoms with van der Waals surface area (Å²) < 4.78 is 1.20. The Morgan fingerprint density at radius 3 is 2.63 bits per heavy atom. The van der Waals surface area contributed by atoms with Gasteiger partial charge in [-0.2, -0.15) is 0 Å². The number of hydrogen-bond donors (Lipinski definition) is 5. The molecule has 19 heavy (non-hydrogen) atoms. The van der Waals surface area contributed by atoms with Crippen LogP contribution in [0.4, 0.5) is 0 Å². The van der Waals surface area contributed by atoms with Gasteiger partial charge in [-0.3, -0.25) is 24.3 Å². The maximum absolute atomic E-state index is 11.8. The number of nitrogens with one attached hydrogen (secondary N) is 3. The fourth-order valence-corrected chi connectivity index (χ4v) is 2.25. The number of amides is 2. The van der Waals surface area contributed by atoms with Gasteiger partial charge in [0.25, 0.3) is 0 Å². The van der Waals surface area contributed by atoms with Gasteiger partial charge in [0.15, 0.2) is 5.88 Å². The average Bonchev–Trinajstić information content (AvgIpc) is 2.66. The molecule has 0 atom stereocenters. The molecule has 9 heteroatoms. The van der Waals surface area contributed by atoms with Crippen molar-refractivity contribution in [3.63, 3.8) is 0 Å². The van der Waals surface area contributed by atoms with Gasteiger partial charge in [0.2, 0.25) is 5.88 Å². The van der Waals surface area contributed by atoms with Gasteiger partial charge in [0, 0.05) is 19.7 Å². The highest BCUT2D eigenvalue weighted by atomic mass is 32.2. The van der Waals surface area contributed by atoms with E-state index in [0.717, 1.165) is 11.9 Å². The number of H-pyrrole nitrogens is 1. The molecular formula is C10H16N4O4S. The Morgan fingerprint density at radius 1 is 1.47 bits per heavy atom. The zero-order valence-electron chi connectivity index (χ0n) is 10.6. The predicted molar refractivity (Wildman–Crippen MR) is 69.2 cm³/mol. The Balaban J connectivity index is 2.80. The molecular weight excluding hydrogens is 272 g/mol. The first kappa shape index (κ1) is 15.2. The monoisotopic (exact) mass is 288 g/mol. The van der Waals surface area contributed by atoms with E-state index in [2.05, 4.69) is 15.8 Å². The molecule has 1 aromatic rings. The van der Waals surface area contributed by atoms with Gasteiger partial charge < -0.3 is 10.2 Å². The largest absolute Gasteiger partial charge is 0.494 e. The van der Waals surface area contributed by atoms with Crippen LogP contribution in [0.15, 0.2) is 11.0 Å². The maximum atomic E-state index is 11.8. The summed E-state index contributed by atoms with van der Waals surface area (Å²) in [6, 6.07) is 1.27. The first-order valence-electron chi connectivity index (χ1n) is 5.57. The molecule has 0 radical (unpaired) electrons. The van der Waals surface area contributed by atoms with Crippen LogP contribution < -0.4 is 10.9 Å². The van der Waals surface area contributed by atoms with Gasteiger partial charge in [0.1, 0.15) is 0 Å². The van der Waals surface area contributed by atoms with Crippen molar-refractivity contribution in [3.8, 4) is 11.8 Å². The summed E-state index contributed by atoms with van der Waals surface area (Å²) >= 11 is 0.877. The van der Waals surface area contributed by atoms with E-state index in [1.165, 1.54) is 17.4 Å². The molecule has 1 rings (SSSR count). The van der Waals surface area contributed by atoms with E-state index >= 15 is 0 Å². The summed E-state index contributed by atoms with van der Waals surface area (Å²) in [5.41, 5.74) is 4.55. The molecule has 8 nitrogen and oxygen atoms in total. The second-order valence-electron chi connectivity index (χ2n) is 3.57. The molecule has 1 heterocycles. The van der Waals surface area contributed by atoms with Crippen LogP contribution >= 0.6 is 11.9 Å². The Labute approximate surface area is 114 Å². The van der Waals surface area contributed by atoms with E-state index in [1.54, 1.807) is 0 Å². The molecule has 0 aliphatic heterocycles. The molecule has 106 valence electrons. The molecule has 0 aliphatic carbocycles. The van der Waals surface area contributed by atoms with Gasteiger partial charge in [-0.25, -0.2) is 5.43 Å². The zero-order chi connectivity index (χ0) is 14.4. The third-order valence-corrected chi connectivity index (χ3v) is 3.12. The summed E-state index contributed by atoms with van der Waals surface area (Å²) in [6.45, 7) is 2.18. The zero-order valence-corrected chi connectivity index (χ0v) is 11.4. The number of aromatic amines is 1. The van der Waals surface area contributed by atoms with Gasteiger partial charge in [0.05, 0.1) is 4.90 Å². The van der Waals surface area contributed by atoms with Crippen LogP contribution in [0.3, 0.4) is 0 Å². The van der Waals surface area contributed by atoms with Gasteiger partial charge >= 0.3 is 11.8 Å². The Kier molecular flexibility index (Phi) is 5.52. The molecule has 0 spiro atoms. The minimum Gasteiger partial charge on any atom is -0.494 e. The van der Waals surface area contributed by atoms with Crippen molar-refractivity contribution in [1.82, 2.24) is 20.1 Å². The standard InChI is InChI=1S/C10H16N4O4S/c1-3-4-14(10(18)9(17)13-11-2)19-6-5-7(15)12-8(6)16/h5,11-12,15-16H,3-4H2,1-2H3,(H,13,17). The van der Waals surface area contributed by atoms with Crippen LogP contribution in [0.1, 0.15) is 13.3 Å². The van der Waals surface area contributed by atoms with Crippen molar-refractivity contribution >= 4 is 23.8 Å². The van der Waals surface area contributed by atoms with Gasteiger partial charge in [-0.1, -0.05) is 6.92 Å². The van der Waals surface area contributed by atoms with Crippen LogP contribution in [0.2, 0.25) is 0 Å². The lowest BCUT2D eigenvalue weighted by molar-refractivity contribution is -0.142. The highest BCUT2D eigenvalue weighted by molar-refractivity contribution is 7.97. The SMILES string of the molecule is CCCN(Sc1cc(O)[nH]c1O)C(=O)C(=O)NNC. The minimum absolute atomic E-state index is 0.219. The molecule has 2 amide bonds. The van der Waals surface area contributed by atoms with Crippen molar-refractivity contribution in [1.29, 1.82) is 0 Å². The van der Waals surface area contributed by atoms with E-state index < -0.39 is 11.8 Å². The van der Waals surface area contributed by atoms with Gasteiger partial charge in [-0.05, 0) is 18.4 Å². The Morgan fingerprint density at radius 2 is 2.16 bits per heavy atom. The van der Waals surface area contributed by atoms with Crippen molar-refractivity contribution < 1.29 is 19.8 Å². The molecule has 0 fully saturated rings. The molecule has 0 unspecified atom stereocenters. The quantitative estimate of drug-likeness (QED) is 0.294. The molecule has 0 aromatic carbocycles. The van der Waals surface area contributed by atoms with E-state index in [4.69, 9.17) is 0 Å². The molecule has 5 N–H and O–H groups in total. The lowest BCUT2D eigenvalue weighted by Gasteiger charge is -2.19. The average molecular weight is 288 g/mol. The third kappa shape index (κ3) is 4.07. The fourth-order valence-electron chi connectivity index (χ4n) is 1.27. The van der Waals surface area contributed by atoms with Crippen molar-refractivity contribution in [3.05, 3.63) is 6.07 Å². The van der Waals surface area contributed by atoms with Crippen LogP contribution in [0, 0.1) is 0 Å². The van der Waals surface area contributed by atoms with Crippen molar-refractivity contribution in [2.24, 2.45) is 0 Å². The highest BCUT2D eigenvalue weighted by Crippen LogP contribution is 2.33. The normalized spacial score (nSPS) is 10.2. The summed E-state index contributed by atoms with van der Waals surface area (Å²) in [6.07, 6.45) is 0.642. The van der Waals surface area contributed by atoms with E-state index in [0.29, 0.717) is 13.0 Å². The topological polar surface area (TPSA) is 118 Å². The van der Waals surface area contributed by atoms with Gasteiger partial charge in [-0.15, -0.1) is 0 Å². The number of hydrogen-bond acceptors (Lipinski definition) is 6. The molecule has 1 aromatic heterocycles. The smallest absolute Gasteiger partial charge is 0.324 e. The number of carbonyl (C=O) groups excluding carboxylic acids is 2. The third-order valence-electron chi connectivity index (χ3n) is 2.04. The number of aromatic nitrogens is 1. The number of rotatable bonds is 5. The van der Waals surface area contributed by atoms with Crippen molar-refractivity contribution in [2.75, 3.05) is 13.6 Å². The van der Waals surface area contributed by atoms with Crippen LogP contribution in [-0.2, 0) is 9.59 Å². The lowest BCUT2D eigenvalue weighted by atomic mass is 10.4. The van der Waals surface area contributed by atoms with E-state index in [9.17, 15) is 19.8 Å². The molecule has 0 saturated carbocycles. The van der Waals surface area contributed by atoms with E-state index in [1.807, 2.05) is 6.92 Å². The summed E-state index contributed by atoms with van der Waals surface area (Å²) in [5.74, 6) is -2.03. The van der Waals surface area contributed by atoms with E-state index in [-0.39, 0.29) is 16.7 Å². The number of aromatic hydroxyl groups is 2. The molecule has 0 saturated heterocycles. The number of carbonyl (C=O) groups is 2. The summed E-state index contributed by atoms with van der Waals surface area (Å²) in [4.78, 5) is 25.8.